The molecule has 0 aliphatic rings. The summed E-state index contributed by atoms with van der Waals surface area (Å²) in [6, 6.07) is 10.7. The first-order valence-corrected chi connectivity index (χ1v) is 6.15. The fourth-order valence-electron chi connectivity index (χ4n) is 1.70. The van der Waals surface area contributed by atoms with E-state index in [2.05, 4.69) is 10.1 Å². The molecular formula is C14H16N4O2. The molecule has 6 heteroatoms. The minimum Gasteiger partial charge on any atom is -0.306 e. The Labute approximate surface area is 116 Å². The number of H-pyrrole nitrogens is 1. The monoisotopic (exact) mass is 272 g/mol. The molecule has 0 amide bonds. The zero-order valence-corrected chi connectivity index (χ0v) is 11.4. The Morgan fingerprint density at radius 2 is 1.95 bits per heavy atom. The van der Waals surface area contributed by atoms with E-state index in [-0.39, 0.29) is 12.1 Å². The van der Waals surface area contributed by atoms with Crippen molar-refractivity contribution in [2.75, 3.05) is 14.1 Å². The van der Waals surface area contributed by atoms with Gasteiger partial charge in [0.25, 0.3) is 5.56 Å². The Kier molecular flexibility index (Phi) is 4.14. The molecule has 0 saturated heterocycles. The second kappa shape index (κ2) is 6.01. The Morgan fingerprint density at radius 3 is 2.55 bits per heavy atom. The van der Waals surface area contributed by atoms with Gasteiger partial charge in [-0.15, -0.1) is 0 Å². The van der Waals surface area contributed by atoms with Crippen LogP contribution in [0.4, 0.5) is 0 Å². The number of rotatable bonds is 4. The van der Waals surface area contributed by atoms with E-state index in [1.54, 1.807) is 19.1 Å². The third-order valence-corrected chi connectivity index (χ3v) is 2.65. The largest absolute Gasteiger partial charge is 0.329 e. The summed E-state index contributed by atoms with van der Waals surface area (Å²) in [7, 11) is 3.51. The molecule has 6 nitrogen and oxygen atoms in total. The van der Waals surface area contributed by atoms with Gasteiger partial charge in [-0.25, -0.2) is 4.79 Å². The SMILES string of the molecule is CN(C)N=Cc1cc(=O)n(Cc2ccccc2)c(=O)[nH]1. The maximum Gasteiger partial charge on any atom is 0.329 e. The van der Waals surface area contributed by atoms with E-state index in [0.29, 0.717) is 5.69 Å². The van der Waals surface area contributed by atoms with E-state index < -0.39 is 5.69 Å². The van der Waals surface area contributed by atoms with Crippen LogP contribution in [0.3, 0.4) is 0 Å². The molecule has 0 fully saturated rings. The van der Waals surface area contributed by atoms with Gasteiger partial charge in [0.2, 0.25) is 0 Å². The molecule has 0 aliphatic heterocycles. The van der Waals surface area contributed by atoms with Gasteiger partial charge in [0, 0.05) is 20.2 Å². The molecular weight excluding hydrogens is 256 g/mol. The lowest BCUT2D eigenvalue weighted by atomic mass is 10.2. The summed E-state index contributed by atoms with van der Waals surface area (Å²) in [5, 5.41) is 5.56. The smallest absolute Gasteiger partial charge is 0.306 e. The Balaban J connectivity index is 2.33. The molecule has 2 aromatic rings. The molecule has 0 bridgehead atoms. The Morgan fingerprint density at radius 1 is 1.25 bits per heavy atom. The average Bonchev–Trinajstić information content (AvgIpc) is 2.42. The predicted molar refractivity (Wildman–Crippen MR) is 78.1 cm³/mol. The number of hydrogen-bond donors (Lipinski definition) is 1. The zero-order chi connectivity index (χ0) is 14.5. The van der Waals surface area contributed by atoms with Gasteiger partial charge in [0.05, 0.1) is 18.5 Å². The maximum atomic E-state index is 12.0. The van der Waals surface area contributed by atoms with Crippen molar-refractivity contribution in [2.45, 2.75) is 6.54 Å². The number of aromatic amines is 1. The molecule has 20 heavy (non-hydrogen) atoms. The van der Waals surface area contributed by atoms with Crippen LogP contribution in [-0.2, 0) is 6.54 Å². The third-order valence-electron chi connectivity index (χ3n) is 2.65. The van der Waals surface area contributed by atoms with Crippen LogP contribution in [0.25, 0.3) is 0 Å². The molecule has 1 aromatic heterocycles. The molecule has 1 heterocycles. The van der Waals surface area contributed by atoms with Crippen molar-refractivity contribution in [3.8, 4) is 0 Å². The van der Waals surface area contributed by atoms with Crippen molar-refractivity contribution in [2.24, 2.45) is 5.10 Å². The second-order valence-electron chi connectivity index (χ2n) is 4.53. The van der Waals surface area contributed by atoms with E-state index in [0.717, 1.165) is 10.1 Å². The van der Waals surface area contributed by atoms with Gasteiger partial charge >= 0.3 is 5.69 Å². The molecule has 0 aliphatic carbocycles. The lowest BCUT2D eigenvalue weighted by molar-refractivity contribution is 0.440. The Bertz CT molecular complexity index is 683. The van der Waals surface area contributed by atoms with Crippen molar-refractivity contribution in [1.29, 1.82) is 0 Å². The van der Waals surface area contributed by atoms with Crippen LogP contribution in [0.2, 0.25) is 0 Å². The van der Waals surface area contributed by atoms with Gasteiger partial charge in [-0.2, -0.15) is 5.10 Å². The highest BCUT2D eigenvalue weighted by atomic mass is 16.2. The number of hydrogen-bond acceptors (Lipinski definition) is 4. The summed E-state index contributed by atoms with van der Waals surface area (Å²) in [4.78, 5) is 26.5. The highest BCUT2D eigenvalue weighted by Crippen LogP contribution is 1.98. The van der Waals surface area contributed by atoms with Gasteiger partial charge in [0.15, 0.2) is 0 Å². The number of aromatic nitrogens is 2. The maximum absolute atomic E-state index is 12.0. The summed E-state index contributed by atoms with van der Waals surface area (Å²) in [5.74, 6) is 0. The number of hydrazone groups is 1. The second-order valence-corrected chi connectivity index (χ2v) is 4.53. The summed E-state index contributed by atoms with van der Waals surface area (Å²) in [6.45, 7) is 0.250. The van der Waals surface area contributed by atoms with Crippen molar-refractivity contribution in [3.05, 3.63) is 68.5 Å². The Hall–Kier alpha value is -2.63. The summed E-state index contributed by atoms with van der Waals surface area (Å²) in [6.07, 6.45) is 1.44. The molecule has 1 aromatic carbocycles. The summed E-state index contributed by atoms with van der Waals surface area (Å²) in [5.41, 5.74) is 0.493. The van der Waals surface area contributed by atoms with Crippen molar-refractivity contribution >= 4 is 6.21 Å². The molecule has 0 saturated carbocycles. The lowest BCUT2D eigenvalue weighted by Crippen LogP contribution is -2.35. The molecule has 0 spiro atoms. The van der Waals surface area contributed by atoms with E-state index in [4.69, 9.17) is 0 Å². The standard InChI is InChI=1S/C14H16N4O2/c1-17(2)15-9-12-8-13(19)18(14(20)16-12)10-11-6-4-3-5-7-11/h3-9H,10H2,1-2H3,(H,16,20). The summed E-state index contributed by atoms with van der Waals surface area (Å²) < 4.78 is 1.16. The number of nitrogens with one attached hydrogen (secondary N) is 1. The number of nitrogens with zero attached hydrogens (tertiary/aromatic N) is 3. The normalized spacial score (nSPS) is 10.9. The molecule has 0 unspecified atom stereocenters. The van der Waals surface area contributed by atoms with Gasteiger partial charge in [0.1, 0.15) is 0 Å². The van der Waals surface area contributed by atoms with Crippen LogP contribution in [0.1, 0.15) is 11.3 Å². The van der Waals surface area contributed by atoms with Crippen LogP contribution in [0.15, 0.2) is 51.1 Å². The van der Waals surface area contributed by atoms with Crippen LogP contribution >= 0.6 is 0 Å². The fraction of sp³-hybridized carbons (Fsp3) is 0.214. The highest BCUT2D eigenvalue weighted by Gasteiger charge is 2.04. The number of benzene rings is 1. The van der Waals surface area contributed by atoms with Crippen LogP contribution in [-0.4, -0.2) is 34.9 Å². The fourth-order valence-corrected chi connectivity index (χ4v) is 1.70. The van der Waals surface area contributed by atoms with Crippen LogP contribution < -0.4 is 11.2 Å². The van der Waals surface area contributed by atoms with Gasteiger partial charge < -0.3 is 9.99 Å². The van der Waals surface area contributed by atoms with E-state index in [1.807, 2.05) is 30.3 Å². The topological polar surface area (TPSA) is 70.5 Å². The molecule has 104 valence electrons. The third kappa shape index (κ3) is 3.44. The van der Waals surface area contributed by atoms with Gasteiger partial charge in [-0.3, -0.25) is 9.36 Å². The molecule has 0 atom stereocenters. The zero-order valence-electron chi connectivity index (χ0n) is 11.4. The van der Waals surface area contributed by atoms with Crippen LogP contribution in [0, 0.1) is 0 Å². The molecule has 0 radical (unpaired) electrons. The quantitative estimate of drug-likeness (QED) is 0.650. The summed E-state index contributed by atoms with van der Waals surface area (Å²) >= 11 is 0. The molecule has 2 rings (SSSR count). The van der Waals surface area contributed by atoms with Gasteiger partial charge in [-0.05, 0) is 5.56 Å². The predicted octanol–water partition coefficient (Wildman–Crippen LogP) is 0.480. The first kappa shape index (κ1) is 13.8. The van der Waals surface area contributed by atoms with E-state index in [1.165, 1.54) is 12.3 Å². The van der Waals surface area contributed by atoms with E-state index in [9.17, 15) is 9.59 Å². The highest BCUT2D eigenvalue weighted by molar-refractivity contribution is 5.76. The van der Waals surface area contributed by atoms with Crippen molar-refractivity contribution in [1.82, 2.24) is 14.6 Å². The van der Waals surface area contributed by atoms with Crippen LogP contribution in [0.5, 0.6) is 0 Å². The molecule has 1 N–H and O–H groups in total. The lowest BCUT2D eigenvalue weighted by Gasteiger charge is -2.06. The first-order chi connectivity index (χ1) is 9.56. The average molecular weight is 272 g/mol. The van der Waals surface area contributed by atoms with Crippen molar-refractivity contribution in [3.63, 3.8) is 0 Å². The minimum atomic E-state index is -0.443. The van der Waals surface area contributed by atoms with E-state index >= 15 is 0 Å². The first-order valence-electron chi connectivity index (χ1n) is 6.15. The minimum absolute atomic E-state index is 0.250. The van der Waals surface area contributed by atoms with Crippen molar-refractivity contribution < 1.29 is 0 Å². The van der Waals surface area contributed by atoms with Gasteiger partial charge in [-0.1, -0.05) is 30.3 Å².